The summed E-state index contributed by atoms with van der Waals surface area (Å²) < 4.78 is 72.3. The summed E-state index contributed by atoms with van der Waals surface area (Å²) in [5.74, 6) is 0. The van der Waals surface area contributed by atoms with E-state index >= 15 is 0 Å². The third kappa shape index (κ3) is 5.85. The summed E-state index contributed by atoms with van der Waals surface area (Å²) in [6, 6.07) is 8.45. The maximum absolute atomic E-state index is 12.8. The van der Waals surface area contributed by atoms with Gasteiger partial charge in [-0.3, -0.25) is 9.13 Å². The zero-order chi connectivity index (χ0) is 24.2. The number of carbonyl (C=O) groups excluding carboxylic acids is 1. The highest BCUT2D eigenvalue weighted by Gasteiger charge is 2.31. The first-order valence-corrected chi connectivity index (χ1v) is 13.5. The molecule has 2 N–H and O–H groups in total. The van der Waals surface area contributed by atoms with Gasteiger partial charge in [-0.2, -0.15) is 0 Å². The fraction of sp³-hybridized carbons (Fsp3) is 0.278. The van der Waals surface area contributed by atoms with Gasteiger partial charge in [0.15, 0.2) is 0 Å². The number of amides is 2. The lowest BCUT2D eigenvalue weighted by molar-refractivity contribution is 0.256. The minimum atomic E-state index is -4.16. The van der Waals surface area contributed by atoms with E-state index in [1.165, 1.54) is 30.3 Å². The highest BCUT2D eigenvalue weighted by molar-refractivity contribution is 7.90. The topological polar surface area (TPSA) is 146 Å². The Hall–Kier alpha value is -2.04. The molecule has 0 fully saturated rings. The molecule has 0 aliphatic rings. The number of anilines is 1. The number of hydrogen-bond acceptors (Lipinski definition) is 9. The molecule has 2 aromatic carbocycles. The van der Waals surface area contributed by atoms with E-state index in [-0.39, 0.29) is 21.2 Å². The minimum absolute atomic E-state index is 0.0576. The molecule has 0 heterocycles. The van der Waals surface area contributed by atoms with Gasteiger partial charge in [0.25, 0.3) is 10.0 Å². The predicted octanol–water partition coefficient (Wildman–Crippen LogP) is 2.73. The third-order valence-electron chi connectivity index (χ3n) is 4.31. The number of sulfonamides is 1. The van der Waals surface area contributed by atoms with Crippen molar-refractivity contribution < 1.29 is 40.4 Å². The van der Waals surface area contributed by atoms with Crippen LogP contribution >= 0.6 is 15.2 Å². The van der Waals surface area contributed by atoms with Gasteiger partial charge in [-0.05, 0) is 37.3 Å². The van der Waals surface area contributed by atoms with Gasteiger partial charge in [-0.15, -0.1) is 0 Å². The van der Waals surface area contributed by atoms with E-state index < -0.39 is 31.2 Å². The number of benzene rings is 2. The molecule has 176 valence electrons. The van der Waals surface area contributed by atoms with Gasteiger partial charge >= 0.3 is 21.2 Å². The quantitative estimate of drug-likeness (QED) is 0.490. The van der Waals surface area contributed by atoms with Gasteiger partial charge in [-0.25, -0.2) is 17.9 Å². The van der Waals surface area contributed by atoms with Crippen molar-refractivity contribution >= 4 is 47.5 Å². The van der Waals surface area contributed by atoms with Gasteiger partial charge in [0.2, 0.25) is 0 Å². The van der Waals surface area contributed by atoms with Crippen LogP contribution in [0.4, 0.5) is 10.5 Å². The molecule has 11 nitrogen and oxygen atoms in total. The van der Waals surface area contributed by atoms with E-state index in [2.05, 4.69) is 5.32 Å². The van der Waals surface area contributed by atoms with Gasteiger partial charge in [0.1, 0.15) is 0 Å². The monoisotopic (exact) mass is 506 g/mol. The summed E-state index contributed by atoms with van der Waals surface area (Å²) in [6.07, 6.45) is 0. The second-order valence-corrected chi connectivity index (χ2v) is 12.5. The van der Waals surface area contributed by atoms with Crippen LogP contribution in [0.25, 0.3) is 0 Å². The minimum Gasteiger partial charge on any atom is -0.309 e. The lowest BCUT2D eigenvalue weighted by atomic mass is 10.2. The predicted molar refractivity (Wildman–Crippen MR) is 119 cm³/mol. The molecule has 2 rings (SSSR count). The van der Waals surface area contributed by atoms with Crippen molar-refractivity contribution in [2.45, 2.75) is 11.8 Å². The van der Waals surface area contributed by atoms with Crippen molar-refractivity contribution in [3.8, 4) is 0 Å². The smallest absolute Gasteiger partial charge is 0.309 e. The molecule has 0 unspecified atom stereocenters. The summed E-state index contributed by atoms with van der Waals surface area (Å²) in [5.41, 5.74) is 0.789. The Morgan fingerprint density at radius 3 is 1.66 bits per heavy atom. The Labute approximate surface area is 186 Å². The summed E-state index contributed by atoms with van der Waals surface area (Å²) in [7, 11) is -7.24. The Balaban J connectivity index is 2.43. The largest absolute Gasteiger partial charge is 0.360 e. The fourth-order valence-corrected chi connectivity index (χ4v) is 5.95. The molecule has 0 aliphatic heterocycles. The van der Waals surface area contributed by atoms with Crippen molar-refractivity contribution in [3.63, 3.8) is 0 Å². The number of urea groups is 1. The maximum atomic E-state index is 12.8. The van der Waals surface area contributed by atoms with Crippen molar-refractivity contribution in [1.29, 1.82) is 0 Å². The van der Waals surface area contributed by atoms with Crippen LogP contribution in [0.5, 0.6) is 0 Å². The van der Waals surface area contributed by atoms with E-state index in [0.717, 1.165) is 34.0 Å². The second-order valence-electron chi connectivity index (χ2n) is 6.34. The van der Waals surface area contributed by atoms with Crippen LogP contribution in [0.1, 0.15) is 5.56 Å². The summed E-state index contributed by atoms with van der Waals surface area (Å²) in [6.45, 7) is 1.79. The first-order chi connectivity index (χ1) is 14.9. The molecule has 0 saturated carbocycles. The van der Waals surface area contributed by atoms with Crippen LogP contribution in [0.3, 0.4) is 0 Å². The summed E-state index contributed by atoms with van der Waals surface area (Å²) >= 11 is 0. The van der Waals surface area contributed by atoms with Crippen LogP contribution in [0.2, 0.25) is 0 Å². The van der Waals surface area contributed by atoms with E-state index in [4.69, 9.17) is 18.1 Å². The lowest BCUT2D eigenvalue weighted by Gasteiger charge is -2.19. The molecule has 0 atom stereocenters. The van der Waals surface area contributed by atoms with Crippen molar-refractivity contribution in [1.82, 2.24) is 4.72 Å². The summed E-state index contributed by atoms with van der Waals surface area (Å²) in [4.78, 5) is 12.3. The fourth-order valence-electron chi connectivity index (χ4n) is 2.61. The van der Waals surface area contributed by atoms with Crippen molar-refractivity contribution in [3.05, 3.63) is 48.0 Å². The number of hydrogen-bond donors (Lipinski definition) is 2. The molecule has 2 aromatic rings. The molecule has 14 heteroatoms. The normalized spacial score (nSPS) is 12.4. The third-order valence-corrected chi connectivity index (χ3v) is 9.36. The SMILES string of the molecule is COP(=O)(OC)c1cc(NC(=O)NS(=O)(=O)c2ccc(C)cc2)cc(P(=O)(OC)OC)c1. The number of nitrogens with one attached hydrogen (secondary N) is 2. The molecular formula is C18H24N2O9P2S. The Kier molecular flexibility index (Phi) is 8.41. The maximum Gasteiger partial charge on any atom is 0.360 e. The average molecular weight is 506 g/mol. The Bertz CT molecular complexity index is 1120. The van der Waals surface area contributed by atoms with Crippen LogP contribution in [0.15, 0.2) is 47.4 Å². The van der Waals surface area contributed by atoms with E-state index in [1.807, 2.05) is 4.72 Å². The molecule has 2 amide bonds. The zero-order valence-corrected chi connectivity index (χ0v) is 20.6. The van der Waals surface area contributed by atoms with Crippen LogP contribution < -0.4 is 20.6 Å². The highest BCUT2D eigenvalue weighted by atomic mass is 32.2. The zero-order valence-electron chi connectivity index (χ0n) is 18.0. The first-order valence-electron chi connectivity index (χ1n) is 8.92. The van der Waals surface area contributed by atoms with E-state index in [9.17, 15) is 22.3 Å². The Morgan fingerprint density at radius 2 is 1.25 bits per heavy atom. The molecule has 0 aromatic heterocycles. The molecule has 0 bridgehead atoms. The average Bonchev–Trinajstić information content (AvgIpc) is 2.77. The highest BCUT2D eigenvalue weighted by Crippen LogP contribution is 2.49. The van der Waals surface area contributed by atoms with Crippen molar-refractivity contribution in [2.24, 2.45) is 0 Å². The molecule has 32 heavy (non-hydrogen) atoms. The molecule has 0 spiro atoms. The number of carbonyl (C=O) groups is 1. The van der Waals surface area contributed by atoms with E-state index in [1.54, 1.807) is 19.1 Å². The number of rotatable bonds is 9. The first kappa shape index (κ1) is 26.2. The van der Waals surface area contributed by atoms with Crippen LogP contribution in [-0.4, -0.2) is 42.9 Å². The van der Waals surface area contributed by atoms with Gasteiger partial charge in [0, 0.05) is 34.1 Å². The standard InChI is InChI=1S/C18H24N2O9P2S/c1-13-6-8-17(9-7-13)32(24,25)20-18(21)19-14-10-15(30(22,26-2)27-3)12-16(11-14)31(23,28-4)29-5/h6-12H,1-5H3,(H2,19,20,21). The lowest BCUT2D eigenvalue weighted by Crippen LogP contribution is -2.34. The second kappa shape index (κ2) is 10.3. The number of aryl methyl sites for hydroxylation is 1. The molecule has 0 radical (unpaired) electrons. The van der Waals surface area contributed by atoms with E-state index in [0.29, 0.717) is 0 Å². The Morgan fingerprint density at radius 1 is 0.812 bits per heavy atom. The van der Waals surface area contributed by atoms with Crippen LogP contribution in [-0.2, 0) is 37.2 Å². The van der Waals surface area contributed by atoms with Gasteiger partial charge < -0.3 is 23.4 Å². The van der Waals surface area contributed by atoms with Gasteiger partial charge in [-0.1, -0.05) is 17.7 Å². The van der Waals surface area contributed by atoms with Crippen molar-refractivity contribution in [2.75, 3.05) is 33.8 Å². The van der Waals surface area contributed by atoms with Crippen LogP contribution in [0, 0.1) is 6.92 Å². The molecular weight excluding hydrogens is 482 g/mol. The molecule has 0 saturated heterocycles. The van der Waals surface area contributed by atoms with Gasteiger partial charge in [0.05, 0.1) is 15.5 Å². The molecule has 0 aliphatic carbocycles. The summed E-state index contributed by atoms with van der Waals surface area (Å²) in [5, 5.41) is 2.18.